The number of fused-ring (bicyclic) bond motifs is 13. The van der Waals surface area contributed by atoms with Gasteiger partial charge >= 0.3 is 0 Å². The molecule has 230 valence electrons. The van der Waals surface area contributed by atoms with Crippen molar-refractivity contribution in [3.8, 4) is 16.8 Å². The lowest BCUT2D eigenvalue weighted by molar-refractivity contribution is 0.747. The van der Waals surface area contributed by atoms with Gasteiger partial charge in [0.2, 0.25) is 0 Å². The zero-order valence-corrected chi connectivity index (χ0v) is 27.4. The van der Waals surface area contributed by atoms with Gasteiger partial charge in [-0.1, -0.05) is 133 Å². The van der Waals surface area contributed by atoms with Gasteiger partial charge in [0.15, 0.2) is 0 Å². The SMILES string of the molecule is C1=CC2c3c(c4c(c5ccccc35)c3ccccc3n4-c3ccc(-c4cccc5c4sc4ccccc45)cc3)N(c3ccccc3)C2C=C1. The molecule has 3 heterocycles. The Balaban J connectivity index is 1.21. The van der Waals surface area contributed by atoms with E-state index in [2.05, 4.69) is 179 Å². The molecule has 2 nitrogen and oxygen atoms in total. The number of rotatable bonds is 3. The van der Waals surface area contributed by atoms with Crippen LogP contribution in [0.5, 0.6) is 0 Å². The predicted molar refractivity (Wildman–Crippen MR) is 210 cm³/mol. The van der Waals surface area contributed by atoms with Gasteiger partial charge in [0.1, 0.15) is 0 Å². The third kappa shape index (κ3) is 3.76. The van der Waals surface area contributed by atoms with Crippen molar-refractivity contribution in [3.05, 3.63) is 175 Å². The molecule has 0 saturated heterocycles. The molecule has 0 saturated carbocycles. The Morgan fingerprint density at radius 1 is 0.510 bits per heavy atom. The molecule has 2 aliphatic rings. The second-order valence-corrected chi connectivity index (χ2v) is 14.3. The molecule has 0 radical (unpaired) electrons. The molecule has 0 spiro atoms. The number of para-hydroxylation sites is 2. The zero-order chi connectivity index (χ0) is 32.1. The Bertz CT molecular complexity index is 2830. The van der Waals surface area contributed by atoms with Gasteiger partial charge in [0.25, 0.3) is 0 Å². The molecule has 0 N–H and O–H groups in total. The molecule has 2 atom stereocenters. The maximum atomic E-state index is 2.60. The summed E-state index contributed by atoms with van der Waals surface area (Å²) in [4.78, 5) is 2.60. The number of nitrogens with zero attached hydrogens (tertiary/aromatic N) is 2. The summed E-state index contributed by atoms with van der Waals surface area (Å²) in [6.07, 6.45) is 9.23. The molecule has 11 rings (SSSR count). The summed E-state index contributed by atoms with van der Waals surface area (Å²) >= 11 is 1.89. The summed E-state index contributed by atoms with van der Waals surface area (Å²) in [5.74, 6) is 0.255. The molecule has 7 aromatic carbocycles. The molecule has 0 fully saturated rings. The van der Waals surface area contributed by atoms with Gasteiger partial charge in [0.05, 0.1) is 22.8 Å². The Morgan fingerprint density at radius 3 is 2.06 bits per heavy atom. The first kappa shape index (κ1) is 27.1. The van der Waals surface area contributed by atoms with Crippen LogP contribution in [0.3, 0.4) is 0 Å². The van der Waals surface area contributed by atoms with Crippen LogP contribution >= 0.6 is 11.3 Å². The highest BCUT2D eigenvalue weighted by molar-refractivity contribution is 7.26. The van der Waals surface area contributed by atoms with Crippen molar-refractivity contribution in [1.82, 2.24) is 4.57 Å². The minimum Gasteiger partial charge on any atom is -0.332 e. The number of anilines is 2. The van der Waals surface area contributed by atoms with Crippen molar-refractivity contribution in [3.63, 3.8) is 0 Å². The maximum Gasteiger partial charge on any atom is 0.0788 e. The maximum absolute atomic E-state index is 2.60. The van der Waals surface area contributed by atoms with Crippen LogP contribution in [-0.2, 0) is 0 Å². The largest absolute Gasteiger partial charge is 0.332 e. The Kier molecular flexibility index (Phi) is 5.69. The Hall–Kier alpha value is -5.90. The van der Waals surface area contributed by atoms with Crippen LogP contribution in [-0.4, -0.2) is 10.6 Å². The third-order valence-corrected chi connectivity index (χ3v) is 11.9. The quantitative estimate of drug-likeness (QED) is 0.186. The molecule has 3 heteroatoms. The molecule has 9 aromatic rings. The highest BCUT2D eigenvalue weighted by Crippen LogP contribution is 2.56. The van der Waals surface area contributed by atoms with Crippen molar-refractivity contribution in [2.75, 3.05) is 4.90 Å². The fourth-order valence-corrected chi connectivity index (χ4v) is 9.93. The van der Waals surface area contributed by atoms with E-state index in [9.17, 15) is 0 Å². The lowest BCUT2D eigenvalue weighted by Gasteiger charge is -2.29. The molecule has 0 amide bonds. The summed E-state index contributed by atoms with van der Waals surface area (Å²) in [5.41, 5.74) is 10.1. The minimum atomic E-state index is 0.201. The smallest absolute Gasteiger partial charge is 0.0788 e. The van der Waals surface area contributed by atoms with E-state index in [0.717, 1.165) is 0 Å². The average Bonchev–Trinajstić information content (AvgIpc) is 3.84. The van der Waals surface area contributed by atoms with E-state index < -0.39 is 0 Å². The van der Waals surface area contributed by atoms with Crippen LogP contribution in [0.25, 0.3) is 69.6 Å². The van der Waals surface area contributed by atoms with E-state index >= 15 is 0 Å². The second kappa shape index (κ2) is 10.3. The summed E-state index contributed by atoms with van der Waals surface area (Å²) in [7, 11) is 0. The van der Waals surface area contributed by atoms with Crippen molar-refractivity contribution >= 4 is 75.5 Å². The number of hydrogen-bond donors (Lipinski definition) is 0. The fourth-order valence-electron chi connectivity index (χ4n) is 8.69. The van der Waals surface area contributed by atoms with E-state index in [1.165, 1.54) is 86.5 Å². The van der Waals surface area contributed by atoms with Gasteiger partial charge in [-0.3, -0.25) is 0 Å². The molecule has 1 aliphatic heterocycles. The molecular weight excluding hydrogens is 613 g/mol. The van der Waals surface area contributed by atoms with Crippen molar-refractivity contribution in [2.24, 2.45) is 0 Å². The first-order chi connectivity index (χ1) is 24.3. The van der Waals surface area contributed by atoms with E-state index in [-0.39, 0.29) is 12.0 Å². The second-order valence-electron chi connectivity index (χ2n) is 13.2. The third-order valence-electron chi connectivity index (χ3n) is 10.7. The van der Waals surface area contributed by atoms with Gasteiger partial charge in [0, 0.05) is 48.2 Å². The van der Waals surface area contributed by atoms with Gasteiger partial charge in [-0.15, -0.1) is 11.3 Å². The number of aromatic nitrogens is 1. The Labute approximate surface area is 288 Å². The van der Waals surface area contributed by atoms with E-state index in [4.69, 9.17) is 0 Å². The predicted octanol–water partition coefficient (Wildman–Crippen LogP) is 12.7. The fraction of sp³-hybridized carbons (Fsp3) is 0.0435. The van der Waals surface area contributed by atoms with Crippen LogP contribution in [0.4, 0.5) is 11.4 Å². The Morgan fingerprint density at radius 2 is 1.20 bits per heavy atom. The zero-order valence-electron chi connectivity index (χ0n) is 26.6. The number of hydrogen-bond acceptors (Lipinski definition) is 2. The van der Waals surface area contributed by atoms with Crippen LogP contribution in [0.1, 0.15) is 11.5 Å². The number of thiophene rings is 1. The lowest BCUT2D eigenvalue weighted by atomic mass is 9.87. The summed E-state index contributed by atoms with van der Waals surface area (Å²) in [5, 5.41) is 7.92. The van der Waals surface area contributed by atoms with E-state index in [0.29, 0.717) is 0 Å². The van der Waals surface area contributed by atoms with Crippen LogP contribution in [0.2, 0.25) is 0 Å². The van der Waals surface area contributed by atoms with Crippen LogP contribution in [0.15, 0.2) is 170 Å². The first-order valence-electron chi connectivity index (χ1n) is 17.0. The first-order valence-corrected chi connectivity index (χ1v) is 17.8. The van der Waals surface area contributed by atoms with Crippen LogP contribution < -0.4 is 4.90 Å². The molecule has 1 aliphatic carbocycles. The van der Waals surface area contributed by atoms with Crippen molar-refractivity contribution in [2.45, 2.75) is 12.0 Å². The van der Waals surface area contributed by atoms with Crippen molar-refractivity contribution < 1.29 is 0 Å². The highest BCUT2D eigenvalue weighted by Gasteiger charge is 2.41. The van der Waals surface area contributed by atoms with Gasteiger partial charge < -0.3 is 9.47 Å². The summed E-state index contributed by atoms with van der Waals surface area (Å²) in [6.45, 7) is 0. The topological polar surface area (TPSA) is 8.17 Å². The van der Waals surface area contributed by atoms with Crippen molar-refractivity contribution in [1.29, 1.82) is 0 Å². The van der Waals surface area contributed by atoms with Crippen LogP contribution in [0, 0.1) is 0 Å². The summed E-state index contributed by atoms with van der Waals surface area (Å²) < 4.78 is 5.21. The van der Waals surface area contributed by atoms with Gasteiger partial charge in [-0.25, -0.2) is 0 Å². The van der Waals surface area contributed by atoms with E-state index in [1.807, 2.05) is 11.3 Å². The van der Waals surface area contributed by atoms with Gasteiger partial charge in [-0.05, 0) is 63.9 Å². The van der Waals surface area contributed by atoms with Gasteiger partial charge in [-0.2, -0.15) is 0 Å². The molecule has 2 unspecified atom stereocenters. The number of benzene rings is 7. The summed E-state index contributed by atoms with van der Waals surface area (Å²) in [6, 6.07) is 53.9. The standard InChI is InChI=1S/C46H30N2S/c1-2-13-30(14-3-1)47-39-22-9-6-18-37(39)42-34-16-4-5-17-35(34)43-38-19-7-10-23-40(38)48(45(43)44(42)47)31-27-25-29(26-28-31)32-20-12-21-36-33-15-8-11-24-41(33)49-46(32)36/h1-28,37,39H. The van der Waals surface area contributed by atoms with E-state index in [1.54, 1.807) is 0 Å². The average molecular weight is 643 g/mol. The molecule has 49 heavy (non-hydrogen) atoms. The minimum absolute atomic E-state index is 0.201. The number of allylic oxidation sites excluding steroid dienone is 2. The molecule has 0 bridgehead atoms. The monoisotopic (exact) mass is 642 g/mol. The normalized spacial score (nSPS) is 16.8. The molecular formula is C46H30N2S. The lowest BCUT2D eigenvalue weighted by Crippen LogP contribution is -2.28. The molecule has 2 aromatic heterocycles. The highest BCUT2D eigenvalue weighted by atomic mass is 32.1.